The number of carbonyl (C=O) groups is 1. The van der Waals surface area contributed by atoms with Crippen LogP contribution in [0.3, 0.4) is 0 Å². The zero-order valence-corrected chi connectivity index (χ0v) is 12.1. The summed E-state index contributed by atoms with van der Waals surface area (Å²) >= 11 is 0. The molecule has 104 valence electrons. The van der Waals surface area contributed by atoms with Gasteiger partial charge in [-0.25, -0.2) is 0 Å². The normalized spacial score (nSPS) is 18.2. The average molecular weight is 274 g/mol. The van der Waals surface area contributed by atoms with Gasteiger partial charge < -0.3 is 0 Å². The van der Waals surface area contributed by atoms with Crippen LogP contribution in [0.5, 0.6) is 0 Å². The van der Waals surface area contributed by atoms with Crippen molar-refractivity contribution >= 4 is 11.9 Å². The molecule has 2 aromatic rings. The summed E-state index contributed by atoms with van der Waals surface area (Å²) < 4.78 is 0. The molecule has 0 aliphatic heterocycles. The van der Waals surface area contributed by atoms with E-state index >= 15 is 0 Å². The van der Waals surface area contributed by atoms with Gasteiger partial charge in [-0.05, 0) is 18.1 Å². The standard InChI is InChI=1S/C20H18O/c1-15(13-16-7-3-2-4-8-16)11-12-17-14-20(21)19-10-6-5-9-18(17)19/h2-13,17H,14H2,1H3/b12-11+,15-13+/t17-/m1/s1. The molecular formula is C20H18O. The number of hydrogen-bond donors (Lipinski definition) is 0. The Balaban J connectivity index is 1.79. The van der Waals surface area contributed by atoms with E-state index < -0.39 is 0 Å². The predicted octanol–water partition coefficient (Wildman–Crippen LogP) is 5.02. The molecule has 1 aliphatic carbocycles. The van der Waals surface area contributed by atoms with Crippen molar-refractivity contribution in [3.63, 3.8) is 0 Å². The Bertz CT molecular complexity index is 708. The summed E-state index contributed by atoms with van der Waals surface area (Å²) in [4.78, 5) is 12.0. The molecule has 0 unspecified atom stereocenters. The summed E-state index contributed by atoms with van der Waals surface area (Å²) in [5.41, 5.74) is 4.43. The van der Waals surface area contributed by atoms with Gasteiger partial charge in [-0.15, -0.1) is 0 Å². The van der Waals surface area contributed by atoms with Gasteiger partial charge in [0.1, 0.15) is 0 Å². The van der Waals surface area contributed by atoms with Crippen LogP contribution in [0.25, 0.3) is 6.08 Å². The molecule has 0 radical (unpaired) electrons. The Morgan fingerprint density at radius 2 is 1.76 bits per heavy atom. The predicted molar refractivity (Wildman–Crippen MR) is 87.4 cm³/mol. The molecule has 0 spiro atoms. The summed E-state index contributed by atoms with van der Waals surface area (Å²) in [5, 5.41) is 0. The molecule has 2 aromatic carbocycles. The smallest absolute Gasteiger partial charge is 0.164 e. The molecule has 0 saturated heterocycles. The monoisotopic (exact) mass is 274 g/mol. The summed E-state index contributed by atoms with van der Waals surface area (Å²) in [6, 6.07) is 18.2. The van der Waals surface area contributed by atoms with Crippen molar-refractivity contribution in [2.24, 2.45) is 0 Å². The van der Waals surface area contributed by atoms with E-state index in [-0.39, 0.29) is 11.7 Å². The Labute approximate surface area is 125 Å². The van der Waals surface area contributed by atoms with Crippen LogP contribution in [0.2, 0.25) is 0 Å². The van der Waals surface area contributed by atoms with Crippen LogP contribution in [0, 0.1) is 0 Å². The van der Waals surface area contributed by atoms with Crippen LogP contribution in [0.15, 0.2) is 72.3 Å². The van der Waals surface area contributed by atoms with Gasteiger partial charge in [0, 0.05) is 17.9 Å². The van der Waals surface area contributed by atoms with Crippen molar-refractivity contribution in [1.29, 1.82) is 0 Å². The minimum Gasteiger partial charge on any atom is -0.294 e. The fraction of sp³-hybridized carbons (Fsp3) is 0.150. The van der Waals surface area contributed by atoms with E-state index in [2.05, 4.69) is 43.4 Å². The quantitative estimate of drug-likeness (QED) is 0.718. The lowest BCUT2D eigenvalue weighted by Crippen LogP contribution is -1.89. The van der Waals surface area contributed by atoms with Gasteiger partial charge in [-0.1, -0.05) is 78.4 Å². The van der Waals surface area contributed by atoms with E-state index in [4.69, 9.17) is 0 Å². The first-order valence-corrected chi connectivity index (χ1v) is 7.28. The van der Waals surface area contributed by atoms with E-state index in [1.165, 1.54) is 11.1 Å². The van der Waals surface area contributed by atoms with E-state index in [0.29, 0.717) is 6.42 Å². The summed E-state index contributed by atoms with van der Waals surface area (Å²) in [6.07, 6.45) is 7.01. The van der Waals surface area contributed by atoms with Crippen LogP contribution in [-0.4, -0.2) is 5.78 Å². The molecule has 0 fully saturated rings. The Hall–Kier alpha value is -2.41. The summed E-state index contributed by atoms with van der Waals surface area (Å²) in [7, 11) is 0. The van der Waals surface area contributed by atoms with Gasteiger partial charge in [-0.3, -0.25) is 4.79 Å². The van der Waals surface area contributed by atoms with Gasteiger partial charge in [0.2, 0.25) is 0 Å². The Morgan fingerprint density at radius 3 is 2.57 bits per heavy atom. The molecule has 1 atom stereocenters. The maximum Gasteiger partial charge on any atom is 0.164 e. The maximum absolute atomic E-state index is 12.0. The number of hydrogen-bond acceptors (Lipinski definition) is 1. The van der Waals surface area contributed by atoms with Crippen LogP contribution in [-0.2, 0) is 0 Å². The molecule has 1 nitrogen and oxygen atoms in total. The van der Waals surface area contributed by atoms with E-state index in [1.54, 1.807) is 0 Å². The number of fused-ring (bicyclic) bond motifs is 1. The van der Waals surface area contributed by atoms with Crippen LogP contribution in [0.1, 0.15) is 40.7 Å². The first kappa shape index (κ1) is 13.6. The molecular weight excluding hydrogens is 256 g/mol. The summed E-state index contributed by atoms with van der Waals surface area (Å²) in [5.74, 6) is 0.470. The zero-order chi connectivity index (χ0) is 14.7. The number of rotatable bonds is 3. The van der Waals surface area contributed by atoms with Crippen molar-refractivity contribution in [3.8, 4) is 0 Å². The lowest BCUT2D eigenvalue weighted by Gasteiger charge is -2.04. The number of allylic oxidation sites excluding steroid dienone is 3. The molecule has 0 bridgehead atoms. The third kappa shape index (κ3) is 3.03. The number of ketones is 1. The average Bonchev–Trinajstić information content (AvgIpc) is 2.83. The van der Waals surface area contributed by atoms with Gasteiger partial charge in [0.05, 0.1) is 0 Å². The van der Waals surface area contributed by atoms with Crippen molar-refractivity contribution in [3.05, 3.63) is 89.0 Å². The molecule has 0 amide bonds. The fourth-order valence-electron chi connectivity index (χ4n) is 2.79. The van der Waals surface area contributed by atoms with Crippen molar-refractivity contribution in [2.75, 3.05) is 0 Å². The second-order valence-corrected chi connectivity index (χ2v) is 5.48. The largest absolute Gasteiger partial charge is 0.294 e. The van der Waals surface area contributed by atoms with Gasteiger partial charge in [0.15, 0.2) is 5.78 Å². The minimum absolute atomic E-state index is 0.216. The molecule has 1 aliphatic rings. The number of carbonyl (C=O) groups excluding carboxylic acids is 1. The third-order valence-corrected chi connectivity index (χ3v) is 3.85. The van der Waals surface area contributed by atoms with Crippen LogP contribution < -0.4 is 0 Å². The molecule has 0 N–H and O–H groups in total. The highest BCUT2D eigenvalue weighted by Gasteiger charge is 2.26. The highest BCUT2D eigenvalue weighted by Crippen LogP contribution is 2.34. The summed E-state index contributed by atoms with van der Waals surface area (Å²) in [6.45, 7) is 2.09. The van der Waals surface area contributed by atoms with E-state index in [9.17, 15) is 4.79 Å². The number of Topliss-reactive ketones (excluding diaryl/α,β-unsaturated/α-hetero) is 1. The highest BCUT2D eigenvalue weighted by molar-refractivity contribution is 6.01. The van der Waals surface area contributed by atoms with Gasteiger partial charge in [0.25, 0.3) is 0 Å². The Kier molecular flexibility index (Phi) is 3.83. The number of benzene rings is 2. The molecule has 0 heterocycles. The highest BCUT2D eigenvalue weighted by atomic mass is 16.1. The van der Waals surface area contributed by atoms with Crippen molar-refractivity contribution in [2.45, 2.75) is 19.3 Å². The first-order chi connectivity index (χ1) is 10.2. The van der Waals surface area contributed by atoms with Crippen molar-refractivity contribution < 1.29 is 4.79 Å². The first-order valence-electron chi connectivity index (χ1n) is 7.28. The zero-order valence-electron chi connectivity index (χ0n) is 12.1. The molecule has 3 rings (SSSR count). The lowest BCUT2D eigenvalue weighted by molar-refractivity contribution is 0.0992. The second-order valence-electron chi connectivity index (χ2n) is 5.48. The fourth-order valence-corrected chi connectivity index (χ4v) is 2.79. The third-order valence-electron chi connectivity index (χ3n) is 3.85. The minimum atomic E-state index is 0.216. The SMILES string of the molecule is CC(/C=C/[C@@H]1CC(=O)c2ccccc21)=C\c1ccccc1. The van der Waals surface area contributed by atoms with Crippen molar-refractivity contribution in [1.82, 2.24) is 0 Å². The molecule has 0 aromatic heterocycles. The lowest BCUT2D eigenvalue weighted by atomic mass is 10.00. The van der Waals surface area contributed by atoms with Gasteiger partial charge in [-0.2, -0.15) is 0 Å². The molecule has 0 saturated carbocycles. The van der Waals surface area contributed by atoms with E-state index in [0.717, 1.165) is 11.1 Å². The van der Waals surface area contributed by atoms with Crippen LogP contribution >= 0.6 is 0 Å². The molecule has 1 heteroatoms. The molecule has 21 heavy (non-hydrogen) atoms. The maximum atomic E-state index is 12.0. The van der Waals surface area contributed by atoms with Crippen LogP contribution in [0.4, 0.5) is 0 Å². The van der Waals surface area contributed by atoms with Gasteiger partial charge >= 0.3 is 0 Å². The second kappa shape index (κ2) is 5.92. The Morgan fingerprint density at radius 1 is 1.05 bits per heavy atom. The van der Waals surface area contributed by atoms with E-state index in [1.807, 2.05) is 36.4 Å². The topological polar surface area (TPSA) is 17.1 Å².